The molecule has 1 N–H and O–H groups in total. The van der Waals surface area contributed by atoms with Crippen LogP contribution in [0.4, 0.5) is 0 Å². The maximum Gasteiger partial charge on any atom is 0.230 e. The third-order valence-corrected chi connectivity index (χ3v) is 4.78. The molecule has 0 fully saturated rings. The fourth-order valence-corrected chi connectivity index (χ4v) is 3.30. The summed E-state index contributed by atoms with van der Waals surface area (Å²) >= 11 is 5.98. The van der Waals surface area contributed by atoms with Crippen molar-refractivity contribution >= 4 is 28.3 Å². The average molecular weight is 392 g/mol. The second-order valence-electron chi connectivity index (χ2n) is 6.40. The molecule has 4 rings (SSSR count). The van der Waals surface area contributed by atoms with Gasteiger partial charge in [0.05, 0.1) is 17.5 Å². The second-order valence-corrected chi connectivity index (χ2v) is 6.84. The molecule has 4 aromatic rings. The third-order valence-electron chi connectivity index (χ3n) is 4.53. The van der Waals surface area contributed by atoms with Gasteiger partial charge in [0.15, 0.2) is 5.82 Å². The topological polar surface area (TPSA) is 75.4 Å². The number of para-hydroxylation sites is 1. The second kappa shape index (κ2) is 7.78. The lowest BCUT2D eigenvalue weighted by molar-refractivity contribution is 0.103. The molecule has 0 amide bonds. The van der Waals surface area contributed by atoms with Gasteiger partial charge in [-0.1, -0.05) is 41.9 Å². The fraction of sp³-hybridized carbons (Fsp3) is 0.143. The average Bonchev–Trinajstić information content (AvgIpc) is 3.33. The molecule has 140 valence electrons. The van der Waals surface area contributed by atoms with E-state index in [4.69, 9.17) is 11.6 Å². The molecule has 0 aliphatic carbocycles. The van der Waals surface area contributed by atoms with E-state index in [0.29, 0.717) is 29.5 Å². The van der Waals surface area contributed by atoms with E-state index in [0.717, 1.165) is 22.2 Å². The molecule has 0 bridgehead atoms. The highest BCUT2D eigenvalue weighted by molar-refractivity contribution is 6.30. The molecule has 0 saturated carbocycles. The van der Waals surface area contributed by atoms with Crippen molar-refractivity contribution in [1.29, 1.82) is 0 Å². The highest BCUT2D eigenvalue weighted by atomic mass is 35.5. The molecule has 0 atom stereocenters. The molecule has 0 radical (unpaired) electrons. The standard InChI is InChI=1S/C21H18ClN5O/c1-23-25-11-16-10-24-21(26-16)20(28)18-13-27(19-5-3-2-4-17(18)19)12-14-6-8-15(22)9-7-14/h2-10,13H,11-12H2,1H3,(H,24,26). The quantitative estimate of drug-likeness (QED) is 0.375. The minimum atomic E-state index is -0.147. The highest BCUT2D eigenvalue weighted by Crippen LogP contribution is 2.24. The minimum absolute atomic E-state index is 0.147. The van der Waals surface area contributed by atoms with Crippen LogP contribution in [0.2, 0.25) is 5.02 Å². The zero-order valence-corrected chi connectivity index (χ0v) is 16.0. The van der Waals surface area contributed by atoms with Crippen molar-refractivity contribution in [1.82, 2.24) is 14.5 Å². The molecule has 2 aromatic heterocycles. The molecule has 6 nitrogen and oxygen atoms in total. The Labute approximate surface area is 166 Å². The number of nitrogens with one attached hydrogen (secondary N) is 1. The molecule has 2 heterocycles. The molecule has 0 spiro atoms. The largest absolute Gasteiger partial charge is 0.342 e. The molecule has 0 aliphatic rings. The minimum Gasteiger partial charge on any atom is -0.342 e. The molecule has 0 saturated heterocycles. The Bertz CT molecular complexity index is 1160. The summed E-state index contributed by atoms with van der Waals surface area (Å²) in [5.74, 6) is 0.154. The van der Waals surface area contributed by atoms with E-state index in [1.165, 1.54) is 0 Å². The van der Waals surface area contributed by atoms with Gasteiger partial charge in [-0.2, -0.15) is 10.2 Å². The normalized spacial score (nSPS) is 11.5. The van der Waals surface area contributed by atoms with Crippen LogP contribution >= 0.6 is 11.6 Å². The number of hydrogen-bond donors (Lipinski definition) is 1. The number of imidazole rings is 1. The number of benzene rings is 2. The van der Waals surface area contributed by atoms with E-state index in [1.807, 2.05) is 54.7 Å². The van der Waals surface area contributed by atoms with Crippen LogP contribution in [0.3, 0.4) is 0 Å². The van der Waals surface area contributed by atoms with Gasteiger partial charge in [0.1, 0.15) is 6.54 Å². The van der Waals surface area contributed by atoms with E-state index in [9.17, 15) is 4.79 Å². The Morgan fingerprint density at radius 2 is 1.96 bits per heavy atom. The summed E-state index contributed by atoms with van der Waals surface area (Å²) in [7, 11) is 1.61. The van der Waals surface area contributed by atoms with Crippen LogP contribution in [0, 0.1) is 0 Å². The summed E-state index contributed by atoms with van der Waals surface area (Å²) < 4.78 is 2.07. The summed E-state index contributed by atoms with van der Waals surface area (Å²) in [6, 6.07) is 15.6. The number of carbonyl (C=O) groups is 1. The molecular formula is C21H18ClN5O. The number of rotatable bonds is 6. The summed E-state index contributed by atoms with van der Waals surface area (Å²) in [6.45, 7) is 1.01. The number of nitrogens with zero attached hydrogens (tertiary/aromatic N) is 4. The van der Waals surface area contributed by atoms with Crippen molar-refractivity contribution in [3.05, 3.63) is 88.6 Å². The number of aromatic amines is 1. The number of azo groups is 1. The maximum atomic E-state index is 13.1. The van der Waals surface area contributed by atoms with Crippen molar-refractivity contribution in [2.75, 3.05) is 7.05 Å². The first kappa shape index (κ1) is 18.1. The van der Waals surface area contributed by atoms with Crippen LogP contribution in [0.15, 0.2) is 71.2 Å². The van der Waals surface area contributed by atoms with Crippen molar-refractivity contribution in [3.63, 3.8) is 0 Å². The molecule has 28 heavy (non-hydrogen) atoms. The SMILES string of the molecule is CN=NCc1cnc(C(=O)c2cn(Cc3ccc(Cl)cc3)c3ccccc23)[nH]1. The predicted molar refractivity (Wildman–Crippen MR) is 109 cm³/mol. The van der Waals surface area contributed by atoms with Crippen molar-refractivity contribution in [2.24, 2.45) is 10.2 Å². The summed E-state index contributed by atoms with van der Waals surface area (Å²) in [4.78, 5) is 20.3. The van der Waals surface area contributed by atoms with E-state index < -0.39 is 0 Å². The lowest BCUT2D eigenvalue weighted by Gasteiger charge is -2.05. The van der Waals surface area contributed by atoms with Crippen LogP contribution < -0.4 is 0 Å². The molecule has 2 aromatic carbocycles. The Morgan fingerprint density at radius 3 is 2.75 bits per heavy atom. The molecule has 7 heteroatoms. The van der Waals surface area contributed by atoms with Gasteiger partial charge < -0.3 is 9.55 Å². The van der Waals surface area contributed by atoms with Gasteiger partial charge in [-0.15, -0.1) is 0 Å². The molecule has 0 unspecified atom stereocenters. The van der Waals surface area contributed by atoms with E-state index in [2.05, 4.69) is 24.8 Å². The smallest absolute Gasteiger partial charge is 0.230 e. The van der Waals surface area contributed by atoms with Gasteiger partial charge in [0.2, 0.25) is 5.78 Å². The van der Waals surface area contributed by atoms with Gasteiger partial charge in [0, 0.05) is 35.7 Å². The summed E-state index contributed by atoms with van der Waals surface area (Å²) in [5, 5.41) is 9.23. The van der Waals surface area contributed by atoms with Crippen molar-refractivity contribution < 1.29 is 4.79 Å². The first-order valence-corrected chi connectivity index (χ1v) is 9.20. The Balaban J connectivity index is 1.70. The lowest BCUT2D eigenvalue weighted by atomic mass is 10.1. The van der Waals surface area contributed by atoms with E-state index in [1.54, 1.807) is 13.2 Å². The fourth-order valence-electron chi connectivity index (χ4n) is 3.17. The molecule has 0 aliphatic heterocycles. The number of halogens is 1. The van der Waals surface area contributed by atoms with Crippen LogP contribution in [0.5, 0.6) is 0 Å². The van der Waals surface area contributed by atoms with Crippen molar-refractivity contribution in [2.45, 2.75) is 13.1 Å². The zero-order valence-electron chi connectivity index (χ0n) is 15.3. The number of aromatic nitrogens is 3. The highest BCUT2D eigenvalue weighted by Gasteiger charge is 2.19. The lowest BCUT2D eigenvalue weighted by Crippen LogP contribution is -2.04. The number of carbonyl (C=O) groups excluding carboxylic acids is 1. The monoisotopic (exact) mass is 391 g/mol. The summed E-state index contributed by atoms with van der Waals surface area (Å²) in [5.41, 5.74) is 3.46. The van der Waals surface area contributed by atoms with Gasteiger partial charge in [-0.05, 0) is 23.8 Å². The van der Waals surface area contributed by atoms with Crippen molar-refractivity contribution in [3.8, 4) is 0 Å². The zero-order chi connectivity index (χ0) is 19.5. The van der Waals surface area contributed by atoms with Gasteiger partial charge in [-0.3, -0.25) is 4.79 Å². The molecular weight excluding hydrogens is 374 g/mol. The van der Waals surface area contributed by atoms with Crippen LogP contribution in [0.25, 0.3) is 10.9 Å². The first-order chi connectivity index (χ1) is 13.7. The summed E-state index contributed by atoms with van der Waals surface area (Å²) in [6.07, 6.45) is 3.50. The van der Waals surface area contributed by atoms with E-state index in [-0.39, 0.29) is 5.78 Å². The third kappa shape index (κ3) is 3.59. The van der Waals surface area contributed by atoms with Gasteiger partial charge in [-0.25, -0.2) is 4.98 Å². The first-order valence-electron chi connectivity index (χ1n) is 8.82. The van der Waals surface area contributed by atoms with E-state index >= 15 is 0 Å². The predicted octanol–water partition coefficient (Wildman–Crippen LogP) is 4.88. The van der Waals surface area contributed by atoms with Crippen LogP contribution in [-0.2, 0) is 13.1 Å². The Kier molecular flexibility index (Phi) is 5.04. The van der Waals surface area contributed by atoms with Crippen LogP contribution in [0.1, 0.15) is 27.4 Å². The number of ketones is 1. The number of H-pyrrole nitrogens is 1. The maximum absolute atomic E-state index is 13.1. The van der Waals surface area contributed by atoms with Gasteiger partial charge in [0.25, 0.3) is 0 Å². The van der Waals surface area contributed by atoms with Gasteiger partial charge >= 0.3 is 0 Å². The number of fused-ring (bicyclic) bond motifs is 1. The number of hydrogen-bond acceptors (Lipinski definition) is 4. The Hall–Kier alpha value is -3.25. The Morgan fingerprint density at radius 1 is 1.18 bits per heavy atom. The van der Waals surface area contributed by atoms with Crippen LogP contribution in [-0.4, -0.2) is 27.4 Å².